The molecule has 1 aromatic heterocycles. The lowest BCUT2D eigenvalue weighted by molar-refractivity contribution is 0.0601. The third-order valence-corrected chi connectivity index (χ3v) is 3.03. The predicted molar refractivity (Wildman–Crippen MR) is 71.9 cm³/mol. The van der Waals surface area contributed by atoms with Crippen molar-refractivity contribution < 1.29 is 9.53 Å². The first-order valence-corrected chi connectivity index (χ1v) is 6.10. The molecule has 1 heterocycles. The van der Waals surface area contributed by atoms with E-state index in [-0.39, 0.29) is 5.97 Å². The normalized spacial score (nSPS) is 10.8. The van der Waals surface area contributed by atoms with E-state index in [1.54, 1.807) is 0 Å². The number of aromatic nitrogens is 1. The number of nitrogens with one attached hydrogen (secondary N) is 2. The molecule has 4 nitrogen and oxygen atoms in total. The van der Waals surface area contributed by atoms with Gasteiger partial charge < -0.3 is 15.0 Å². The number of ether oxygens (including phenoxy) is 1. The molecule has 0 aliphatic rings. The van der Waals surface area contributed by atoms with Crippen molar-refractivity contribution in [2.45, 2.75) is 12.8 Å². The Morgan fingerprint density at radius 1 is 1.39 bits per heavy atom. The van der Waals surface area contributed by atoms with Crippen LogP contribution in [0.25, 0.3) is 10.9 Å². The highest BCUT2D eigenvalue weighted by atomic mass is 16.5. The minimum Gasteiger partial charge on any atom is -0.465 e. The summed E-state index contributed by atoms with van der Waals surface area (Å²) in [7, 11) is 3.34. The minimum absolute atomic E-state index is 0.271. The fraction of sp³-hybridized carbons (Fsp3) is 0.357. The number of aromatic amines is 1. The van der Waals surface area contributed by atoms with E-state index < -0.39 is 0 Å². The number of methoxy groups -OCH3 is 1. The molecule has 2 aromatic rings. The van der Waals surface area contributed by atoms with Crippen LogP contribution in [0.15, 0.2) is 24.3 Å². The van der Waals surface area contributed by atoms with Gasteiger partial charge >= 0.3 is 5.97 Å². The number of carbonyl (C=O) groups excluding carboxylic acids is 1. The van der Waals surface area contributed by atoms with Gasteiger partial charge in [0.1, 0.15) is 0 Å². The van der Waals surface area contributed by atoms with Crippen LogP contribution in [0.3, 0.4) is 0 Å². The molecule has 1 aromatic carbocycles. The van der Waals surface area contributed by atoms with E-state index in [0.29, 0.717) is 5.56 Å². The molecule has 96 valence electrons. The zero-order valence-electron chi connectivity index (χ0n) is 10.7. The summed E-state index contributed by atoms with van der Waals surface area (Å²) in [5.74, 6) is -0.271. The second-order valence-electron chi connectivity index (χ2n) is 4.22. The van der Waals surface area contributed by atoms with Gasteiger partial charge in [0.25, 0.3) is 0 Å². The lowest BCUT2D eigenvalue weighted by Gasteiger charge is -2.03. The Bertz CT molecular complexity index is 546. The van der Waals surface area contributed by atoms with Crippen LogP contribution in [-0.2, 0) is 11.2 Å². The van der Waals surface area contributed by atoms with Gasteiger partial charge in [0, 0.05) is 16.6 Å². The molecule has 0 bridgehead atoms. The molecule has 2 N–H and O–H groups in total. The van der Waals surface area contributed by atoms with Gasteiger partial charge in [-0.25, -0.2) is 4.79 Å². The van der Waals surface area contributed by atoms with E-state index >= 15 is 0 Å². The van der Waals surface area contributed by atoms with Gasteiger partial charge in [0.05, 0.1) is 12.7 Å². The quantitative estimate of drug-likeness (QED) is 0.627. The van der Waals surface area contributed by atoms with Gasteiger partial charge in [-0.15, -0.1) is 0 Å². The Kier molecular flexibility index (Phi) is 3.99. The van der Waals surface area contributed by atoms with Gasteiger partial charge in [-0.2, -0.15) is 0 Å². The monoisotopic (exact) mass is 246 g/mol. The van der Waals surface area contributed by atoms with Gasteiger partial charge in [-0.05, 0) is 32.5 Å². The highest BCUT2D eigenvalue weighted by molar-refractivity contribution is 6.05. The van der Waals surface area contributed by atoms with Crippen molar-refractivity contribution in [3.8, 4) is 0 Å². The van der Waals surface area contributed by atoms with Gasteiger partial charge in [0.2, 0.25) is 0 Å². The largest absolute Gasteiger partial charge is 0.465 e. The van der Waals surface area contributed by atoms with E-state index in [2.05, 4.69) is 10.3 Å². The molecule has 0 spiro atoms. The van der Waals surface area contributed by atoms with Crippen LogP contribution >= 0.6 is 0 Å². The minimum atomic E-state index is -0.271. The molecule has 0 aliphatic heterocycles. The van der Waals surface area contributed by atoms with Crippen LogP contribution in [0.5, 0.6) is 0 Å². The van der Waals surface area contributed by atoms with Crippen LogP contribution in [0.1, 0.15) is 22.5 Å². The van der Waals surface area contributed by atoms with Crippen LogP contribution in [0.2, 0.25) is 0 Å². The first-order valence-electron chi connectivity index (χ1n) is 6.10. The van der Waals surface area contributed by atoms with Crippen molar-refractivity contribution in [1.29, 1.82) is 0 Å². The highest BCUT2D eigenvalue weighted by Crippen LogP contribution is 2.24. The van der Waals surface area contributed by atoms with Gasteiger partial charge in [0.15, 0.2) is 0 Å². The molecule has 0 amide bonds. The number of rotatable bonds is 5. The fourth-order valence-electron chi connectivity index (χ4n) is 2.16. The van der Waals surface area contributed by atoms with Crippen LogP contribution < -0.4 is 5.32 Å². The Morgan fingerprint density at radius 2 is 2.17 bits per heavy atom. The summed E-state index contributed by atoms with van der Waals surface area (Å²) in [4.78, 5) is 15.2. The molecular weight excluding hydrogens is 228 g/mol. The van der Waals surface area contributed by atoms with Crippen LogP contribution in [0, 0.1) is 0 Å². The second-order valence-corrected chi connectivity index (χ2v) is 4.22. The van der Waals surface area contributed by atoms with Crippen molar-refractivity contribution in [1.82, 2.24) is 10.3 Å². The molecule has 0 saturated heterocycles. The Labute approximate surface area is 106 Å². The summed E-state index contributed by atoms with van der Waals surface area (Å²) < 4.78 is 4.88. The number of esters is 1. The third kappa shape index (κ3) is 2.38. The summed E-state index contributed by atoms with van der Waals surface area (Å²) in [6, 6.07) is 7.81. The van der Waals surface area contributed by atoms with Gasteiger partial charge in [-0.1, -0.05) is 18.2 Å². The van der Waals surface area contributed by atoms with Crippen LogP contribution in [-0.4, -0.2) is 31.7 Å². The molecular formula is C14H18N2O2. The zero-order chi connectivity index (χ0) is 13.0. The van der Waals surface area contributed by atoms with Crippen LogP contribution in [0.4, 0.5) is 0 Å². The molecule has 0 unspecified atom stereocenters. The summed E-state index contributed by atoms with van der Waals surface area (Å²) in [6.07, 6.45) is 1.81. The van der Waals surface area contributed by atoms with Gasteiger partial charge in [-0.3, -0.25) is 0 Å². The summed E-state index contributed by atoms with van der Waals surface area (Å²) in [5, 5.41) is 4.04. The first-order chi connectivity index (χ1) is 8.77. The summed E-state index contributed by atoms with van der Waals surface area (Å²) in [5.41, 5.74) is 2.61. The Morgan fingerprint density at radius 3 is 2.89 bits per heavy atom. The molecule has 0 aliphatic carbocycles. The number of hydrogen-bond acceptors (Lipinski definition) is 3. The average molecular weight is 246 g/mol. The lowest BCUT2D eigenvalue weighted by atomic mass is 10.1. The predicted octanol–water partition coefficient (Wildman–Crippen LogP) is 2.11. The van der Waals surface area contributed by atoms with Crippen molar-refractivity contribution in [2.75, 3.05) is 20.7 Å². The third-order valence-electron chi connectivity index (χ3n) is 3.03. The van der Waals surface area contributed by atoms with E-state index in [4.69, 9.17) is 4.74 Å². The fourth-order valence-corrected chi connectivity index (χ4v) is 2.16. The van der Waals surface area contributed by atoms with Crippen molar-refractivity contribution in [2.24, 2.45) is 0 Å². The van der Waals surface area contributed by atoms with E-state index in [1.807, 2.05) is 31.3 Å². The highest BCUT2D eigenvalue weighted by Gasteiger charge is 2.18. The number of aryl methyl sites for hydroxylation is 1. The standard InChI is InChI=1S/C14H18N2O2/c1-15-9-5-8-12-13(14(17)18-2)10-6-3-4-7-11(10)16-12/h3-4,6-7,15-16H,5,8-9H2,1-2H3. The molecule has 18 heavy (non-hydrogen) atoms. The maximum Gasteiger partial charge on any atom is 0.340 e. The number of benzene rings is 1. The lowest BCUT2D eigenvalue weighted by Crippen LogP contribution is -2.10. The number of hydrogen-bond donors (Lipinski definition) is 2. The number of carbonyl (C=O) groups is 1. The number of H-pyrrole nitrogens is 1. The average Bonchev–Trinajstić information content (AvgIpc) is 2.76. The van der Waals surface area contributed by atoms with E-state index in [1.165, 1.54) is 7.11 Å². The smallest absolute Gasteiger partial charge is 0.340 e. The first kappa shape index (κ1) is 12.6. The topological polar surface area (TPSA) is 54.1 Å². The maximum atomic E-state index is 11.9. The molecule has 0 atom stereocenters. The SMILES string of the molecule is CNCCCc1[nH]c2ccccc2c1C(=O)OC. The van der Waals surface area contributed by atoms with Crippen molar-refractivity contribution in [3.63, 3.8) is 0 Å². The molecule has 2 rings (SSSR count). The molecule has 0 radical (unpaired) electrons. The summed E-state index contributed by atoms with van der Waals surface area (Å²) >= 11 is 0. The van der Waals surface area contributed by atoms with E-state index in [9.17, 15) is 4.79 Å². The number of fused-ring (bicyclic) bond motifs is 1. The molecule has 0 fully saturated rings. The molecule has 0 saturated carbocycles. The van der Waals surface area contributed by atoms with Crippen molar-refractivity contribution in [3.05, 3.63) is 35.5 Å². The second kappa shape index (κ2) is 5.69. The maximum absolute atomic E-state index is 11.9. The summed E-state index contributed by atoms with van der Waals surface area (Å²) in [6.45, 7) is 0.927. The Hall–Kier alpha value is -1.81. The van der Waals surface area contributed by atoms with E-state index in [0.717, 1.165) is 36.0 Å². The number of para-hydroxylation sites is 1. The zero-order valence-corrected chi connectivity index (χ0v) is 10.7. The molecule has 4 heteroatoms. The van der Waals surface area contributed by atoms with Crippen molar-refractivity contribution >= 4 is 16.9 Å². The Balaban J connectivity index is 2.40.